The molecule has 0 amide bonds. The molecule has 0 saturated heterocycles. The van der Waals surface area contributed by atoms with Gasteiger partial charge in [0, 0.05) is 21.5 Å². The maximum atomic E-state index is 6.08. The van der Waals surface area contributed by atoms with E-state index in [1.165, 1.54) is 11.3 Å². The summed E-state index contributed by atoms with van der Waals surface area (Å²) in [6, 6.07) is 7.95. The summed E-state index contributed by atoms with van der Waals surface area (Å²) in [5, 5.41) is 1.82. The van der Waals surface area contributed by atoms with Crippen LogP contribution in [0, 0.1) is 0 Å². The topological polar surface area (TPSA) is 38.9 Å². The van der Waals surface area contributed by atoms with Crippen molar-refractivity contribution in [1.82, 2.24) is 4.98 Å². The van der Waals surface area contributed by atoms with E-state index in [1.807, 2.05) is 24.3 Å². The van der Waals surface area contributed by atoms with E-state index >= 15 is 0 Å². The van der Waals surface area contributed by atoms with E-state index in [0.717, 1.165) is 34.1 Å². The number of nitrogens with zero attached hydrogens (tertiary/aromatic N) is 1. The van der Waals surface area contributed by atoms with Gasteiger partial charge in [0.25, 0.3) is 0 Å². The minimum absolute atomic E-state index is 0.121. The van der Waals surface area contributed by atoms with E-state index in [4.69, 9.17) is 17.3 Å². The summed E-state index contributed by atoms with van der Waals surface area (Å²) in [5.74, 6) is 0. The molecule has 4 heteroatoms. The van der Waals surface area contributed by atoms with Crippen LogP contribution in [0.1, 0.15) is 29.5 Å². The largest absolute Gasteiger partial charge is 0.323 e. The zero-order chi connectivity index (χ0) is 11.8. The van der Waals surface area contributed by atoms with Gasteiger partial charge >= 0.3 is 0 Å². The first kappa shape index (κ1) is 11.2. The third-order valence-corrected chi connectivity index (χ3v) is 4.52. The Balaban J connectivity index is 2.02. The van der Waals surface area contributed by atoms with Crippen LogP contribution >= 0.6 is 22.9 Å². The number of hydrogen-bond acceptors (Lipinski definition) is 3. The summed E-state index contributed by atoms with van der Waals surface area (Å²) < 4.78 is 0. The molecule has 1 aliphatic rings. The van der Waals surface area contributed by atoms with Crippen molar-refractivity contribution in [2.75, 3.05) is 0 Å². The van der Waals surface area contributed by atoms with Crippen LogP contribution < -0.4 is 5.73 Å². The highest BCUT2D eigenvalue weighted by Gasteiger charge is 2.21. The lowest BCUT2D eigenvalue weighted by atomic mass is 9.99. The number of aryl methyl sites for hydroxylation is 1. The molecule has 2 N–H and O–H groups in total. The lowest BCUT2D eigenvalue weighted by Crippen LogP contribution is -2.16. The van der Waals surface area contributed by atoms with Crippen molar-refractivity contribution < 1.29 is 0 Å². The maximum absolute atomic E-state index is 6.08. The van der Waals surface area contributed by atoms with Crippen molar-refractivity contribution in [3.8, 4) is 10.6 Å². The minimum atomic E-state index is 0.121. The number of nitrogens with two attached hydrogens (primary N) is 1. The van der Waals surface area contributed by atoms with Gasteiger partial charge in [0.05, 0.1) is 5.69 Å². The molecule has 2 aromatic rings. The molecule has 1 aromatic carbocycles. The van der Waals surface area contributed by atoms with E-state index in [1.54, 1.807) is 11.3 Å². The van der Waals surface area contributed by atoms with E-state index in [0.29, 0.717) is 0 Å². The van der Waals surface area contributed by atoms with Gasteiger partial charge in [0.2, 0.25) is 0 Å². The van der Waals surface area contributed by atoms with Crippen LogP contribution in [0.25, 0.3) is 10.6 Å². The normalized spacial score (nSPS) is 19.1. The van der Waals surface area contributed by atoms with Gasteiger partial charge in [-0.25, -0.2) is 4.98 Å². The summed E-state index contributed by atoms with van der Waals surface area (Å²) >= 11 is 7.65. The molecule has 17 heavy (non-hydrogen) atoms. The Labute approximate surface area is 109 Å². The second-order valence-corrected chi connectivity index (χ2v) is 5.85. The molecule has 0 aliphatic heterocycles. The lowest BCUT2D eigenvalue weighted by Gasteiger charge is -2.15. The zero-order valence-corrected chi connectivity index (χ0v) is 10.9. The second kappa shape index (κ2) is 4.41. The third-order valence-electron chi connectivity index (χ3n) is 3.09. The Morgan fingerprint density at radius 3 is 2.76 bits per heavy atom. The van der Waals surface area contributed by atoms with Gasteiger partial charge in [-0.1, -0.05) is 23.7 Å². The highest BCUT2D eigenvalue weighted by atomic mass is 35.5. The molecule has 0 fully saturated rings. The minimum Gasteiger partial charge on any atom is -0.323 e. The van der Waals surface area contributed by atoms with Crippen molar-refractivity contribution >= 4 is 22.9 Å². The summed E-state index contributed by atoms with van der Waals surface area (Å²) in [7, 11) is 0. The predicted octanol–water partition coefficient (Wildman–Crippen LogP) is 3.80. The number of rotatable bonds is 1. The smallest absolute Gasteiger partial charge is 0.123 e. The van der Waals surface area contributed by atoms with Crippen LogP contribution in [0.2, 0.25) is 5.02 Å². The Morgan fingerprint density at radius 2 is 2.06 bits per heavy atom. The van der Waals surface area contributed by atoms with Crippen LogP contribution in [-0.2, 0) is 6.42 Å². The summed E-state index contributed by atoms with van der Waals surface area (Å²) in [6.07, 6.45) is 3.35. The van der Waals surface area contributed by atoms with Crippen molar-refractivity contribution in [1.29, 1.82) is 0 Å². The van der Waals surface area contributed by atoms with Gasteiger partial charge in [-0.15, -0.1) is 11.3 Å². The molecular weight excluding hydrogens is 252 g/mol. The van der Waals surface area contributed by atoms with Crippen molar-refractivity contribution in [3.05, 3.63) is 39.9 Å². The molecular formula is C13H13ClN2S. The second-order valence-electron chi connectivity index (χ2n) is 4.33. The Kier molecular flexibility index (Phi) is 2.90. The number of thiazole rings is 1. The summed E-state index contributed by atoms with van der Waals surface area (Å²) in [6.45, 7) is 0. The fraction of sp³-hybridized carbons (Fsp3) is 0.308. The quantitative estimate of drug-likeness (QED) is 0.851. The molecule has 3 rings (SSSR count). The highest BCUT2D eigenvalue weighted by Crippen LogP contribution is 2.36. The summed E-state index contributed by atoms with van der Waals surface area (Å²) in [5.41, 5.74) is 8.31. The van der Waals surface area contributed by atoms with Gasteiger partial charge in [-0.05, 0) is 31.4 Å². The highest BCUT2D eigenvalue weighted by molar-refractivity contribution is 7.15. The molecule has 88 valence electrons. The molecule has 1 aliphatic carbocycles. The molecule has 1 atom stereocenters. The zero-order valence-electron chi connectivity index (χ0n) is 9.32. The monoisotopic (exact) mass is 264 g/mol. The Morgan fingerprint density at radius 1 is 1.29 bits per heavy atom. The average molecular weight is 265 g/mol. The number of aromatic nitrogens is 1. The molecule has 0 saturated carbocycles. The standard InChI is InChI=1S/C13H13ClN2S/c14-9-6-4-8(5-7-9)13-16-12-10(15)2-1-3-11(12)17-13/h4-7,10H,1-3,15H2. The van der Waals surface area contributed by atoms with Crippen LogP contribution in [0.5, 0.6) is 0 Å². The molecule has 1 aromatic heterocycles. The van der Waals surface area contributed by atoms with Crippen molar-refractivity contribution in [2.45, 2.75) is 25.3 Å². The van der Waals surface area contributed by atoms with Gasteiger partial charge in [-0.3, -0.25) is 0 Å². The summed E-state index contributed by atoms with van der Waals surface area (Å²) in [4.78, 5) is 6.04. The van der Waals surface area contributed by atoms with Crippen LogP contribution in [0.15, 0.2) is 24.3 Å². The van der Waals surface area contributed by atoms with Crippen molar-refractivity contribution in [2.24, 2.45) is 5.73 Å². The fourth-order valence-corrected chi connectivity index (χ4v) is 3.47. The Hall–Kier alpha value is -0.900. The first-order valence-corrected chi connectivity index (χ1v) is 6.94. The van der Waals surface area contributed by atoms with Gasteiger partial charge in [-0.2, -0.15) is 0 Å². The number of fused-ring (bicyclic) bond motifs is 1. The molecule has 0 bridgehead atoms. The third kappa shape index (κ3) is 2.10. The predicted molar refractivity (Wildman–Crippen MR) is 72.4 cm³/mol. The number of halogens is 1. The molecule has 1 heterocycles. The molecule has 1 unspecified atom stereocenters. The molecule has 0 spiro atoms. The van der Waals surface area contributed by atoms with E-state index in [2.05, 4.69) is 4.98 Å². The molecule has 2 nitrogen and oxygen atoms in total. The van der Waals surface area contributed by atoms with Gasteiger partial charge in [0.1, 0.15) is 5.01 Å². The van der Waals surface area contributed by atoms with Crippen molar-refractivity contribution in [3.63, 3.8) is 0 Å². The Bertz CT molecular complexity index is 533. The van der Waals surface area contributed by atoms with Crippen LogP contribution in [0.3, 0.4) is 0 Å². The number of hydrogen-bond donors (Lipinski definition) is 1. The van der Waals surface area contributed by atoms with Gasteiger partial charge in [0.15, 0.2) is 0 Å². The van der Waals surface area contributed by atoms with E-state index in [9.17, 15) is 0 Å². The van der Waals surface area contributed by atoms with E-state index < -0.39 is 0 Å². The fourth-order valence-electron chi connectivity index (χ4n) is 2.17. The molecule has 0 radical (unpaired) electrons. The number of benzene rings is 1. The lowest BCUT2D eigenvalue weighted by molar-refractivity contribution is 0.564. The van der Waals surface area contributed by atoms with Crippen LogP contribution in [0.4, 0.5) is 0 Å². The van der Waals surface area contributed by atoms with E-state index in [-0.39, 0.29) is 6.04 Å². The first-order valence-electron chi connectivity index (χ1n) is 5.75. The maximum Gasteiger partial charge on any atom is 0.123 e. The average Bonchev–Trinajstić information content (AvgIpc) is 2.75. The van der Waals surface area contributed by atoms with Gasteiger partial charge < -0.3 is 5.73 Å². The SMILES string of the molecule is NC1CCCc2sc(-c3ccc(Cl)cc3)nc21. The first-order chi connectivity index (χ1) is 8.24. The van der Waals surface area contributed by atoms with Crippen LogP contribution in [-0.4, -0.2) is 4.98 Å².